The molecule has 0 radical (unpaired) electrons. The summed E-state index contributed by atoms with van der Waals surface area (Å²) in [6, 6.07) is 20.8. The minimum atomic E-state index is -0.624. The molecule has 1 N–H and O–H groups in total. The highest BCUT2D eigenvalue weighted by molar-refractivity contribution is 7.10. The number of ether oxygens (including phenoxy) is 1. The maximum absolute atomic E-state index is 13.9. The number of hydrogen-bond donors (Lipinski definition) is 1. The molecule has 3 aromatic heterocycles. The van der Waals surface area contributed by atoms with E-state index in [-0.39, 0.29) is 12.2 Å². The Balaban J connectivity index is 1.64. The number of esters is 1. The van der Waals surface area contributed by atoms with Crippen LogP contribution in [0.3, 0.4) is 0 Å². The fourth-order valence-corrected chi connectivity index (χ4v) is 6.33. The van der Waals surface area contributed by atoms with Gasteiger partial charge in [-0.3, -0.25) is 9.36 Å². The first-order valence-electron chi connectivity index (χ1n) is 11.5. The molecule has 0 spiro atoms. The molecule has 0 saturated carbocycles. The van der Waals surface area contributed by atoms with Crippen molar-refractivity contribution in [1.29, 1.82) is 0 Å². The maximum atomic E-state index is 13.9. The van der Waals surface area contributed by atoms with E-state index in [2.05, 4.69) is 4.98 Å². The predicted molar refractivity (Wildman–Crippen MR) is 144 cm³/mol. The SMILES string of the molecule is CCOC(=O)C1=C(c2ccccc2)N=c2sc(=Cc3c[nH]c4ccccc34)c(=O)n2[C@H]1c1cccs1. The highest BCUT2D eigenvalue weighted by atomic mass is 32.1. The summed E-state index contributed by atoms with van der Waals surface area (Å²) in [7, 11) is 0. The fourth-order valence-electron chi connectivity index (χ4n) is 4.51. The van der Waals surface area contributed by atoms with Gasteiger partial charge in [-0.15, -0.1) is 11.3 Å². The van der Waals surface area contributed by atoms with E-state index in [1.165, 1.54) is 22.7 Å². The number of thiophene rings is 1. The molecular formula is C28H21N3O3S2. The second kappa shape index (κ2) is 9.22. The molecule has 0 saturated heterocycles. The van der Waals surface area contributed by atoms with E-state index in [9.17, 15) is 9.59 Å². The lowest BCUT2D eigenvalue weighted by atomic mass is 9.97. The molecule has 1 aliphatic rings. The molecule has 4 heterocycles. The average molecular weight is 512 g/mol. The summed E-state index contributed by atoms with van der Waals surface area (Å²) in [5.41, 5.74) is 3.46. The summed E-state index contributed by atoms with van der Waals surface area (Å²) in [5.74, 6) is -0.468. The summed E-state index contributed by atoms with van der Waals surface area (Å²) in [5, 5.41) is 2.98. The van der Waals surface area contributed by atoms with Crippen LogP contribution >= 0.6 is 22.7 Å². The number of hydrogen-bond acceptors (Lipinski definition) is 6. The Morgan fingerprint density at radius 2 is 1.92 bits per heavy atom. The van der Waals surface area contributed by atoms with Crippen molar-refractivity contribution in [2.45, 2.75) is 13.0 Å². The van der Waals surface area contributed by atoms with Crippen molar-refractivity contribution in [3.05, 3.63) is 120 Å². The van der Waals surface area contributed by atoms with Gasteiger partial charge in [-0.05, 0) is 30.5 Å². The van der Waals surface area contributed by atoms with Crippen molar-refractivity contribution in [2.75, 3.05) is 6.61 Å². The van der Waals surface area contributed by atoms with E-state index in [1.807, 2.05) is 84.4 Å². The predicted octanol–water partition coefficient (Wildman–Crippen LogP) is 4.48. The van der Waals surface area contributed by atoms with Crippen LogP contribution in [0.1, 0.15) is 29.0 Å². The summed E-state index contributed by atoms with van der Waals surface area (Å²) in [6.07, 6.45) is 3.80. The molecule has 0 unspecified atom stereocenters. The van der Waals surface area contributed by atoms with Crippen LogP contribution in [0.5, 0.6) is 0 Å². The van der Waals surface area contributed by atoms with Crippen LogP contribution in [0.25, 0.3) is 22.7 Å². The lowest BCUT2D eigenvalue weighted by Gasteiger charge is -2.24. The molecule has 0 aliphatic carbocycles. The second-order valence-corrected chi connectivity index (χ2v) is 10.2. The number of para-hydroxylation sites is 1. The molecule has 6 rings (SSSR count). The third-order valence-corrected chi connectivity index (χ3v) is 8.00. The summed E-state index contributed by atoms with van der Waals surface area (Å²) in [4.78, 5) is 36.8. The van der Waals surface area contributed by atoms with Gasteiger partial charge in [0.2, 0.25) is 0 Å². The molecule has 6 nitrogen and oxygen atoms in total. The molecule has 8 heteroatoms. The highest BCUT2D eigenvalue weighted by Gasteiger charge is 2.35. The van der Waals surface area contributed by atoms with E-state index >= 15 is 0 Å². The standard InChI is InChI=1S/C28H21N3O3S2/c1-2-34-27(33)23-24(17-9-4-3-5-10-17)30-28-31(25(23)21-13-8-14-35-21)26(32)22(36-28)15-18-16-29-20-12-7-6-11-19(18)20/h3-16,25,29H,2H2,1H3/t25-/m0/s1. The van der Waals surface area contributed by atoms with Gasteiger partial charge in [0.05, 0.1) is 22.4 Å². The zero-order valence-corrected chi connectivity index (χ0v) is 20.9. The molecule has 0 fully saturated rings. The third-order valence-electron chi connectivity index (χ3n) is 6.09. The van der Waals surface area contributed by atoms with Crippen LogP contribution in [0, 0.1) is 0 Å². The van der Waals surface area contributed by atoms with Crippen LogP contribution in [-0.4, -0.2) is 22.1 Å². The Labute approximate surface area is 214 Å². The Morgan fingerprint density at radius 1 is 1.11 bits per heavy atom. The summed E-state index contributed by atoms with van der Waals surface area (Å²) in [6.45, 7) is 2.00. The number of fused-ring (bicyclic) bond motifs is 2. The highest BCUT2D eigenvalue weighted by Crippen LogP contribution is 2.36. The number of H-pyrrole nitrogens is 1. The van der Waals surface area contributed by atoms with E-state index in [0.29, 0.717) is 20.6 Å². The number of benzene rings is 2. The van der Waals surface area contributed by atoms with E-state index in [0.717, 1.165) is 26.9 Å². The number of nitrogens with one attached hydrogen (secondary N) is 1. The number of aromatic amines is 1. The number of carbonyl (C=O) groups excluding carboxylic acids is 1. The number of rotatable bonds is 5. The van der Waals surface area contributed by atoms with Gasteiger partial charge < -0.3 is 9.72 Å². The largest absolute Gasteiger partial charge is 0.463 e. The zero-order chi connectivity index (χ0) is 24.6. The molecular weight excluding hydrogens is 490 g/mol. The van der Waals surface area contributed by atoms with Gasteiger partial charge in [0, 0.05) is 33.1 Å². The maximum Gasteiger partial charge on any atom is 0.338 e. The molecule has 0 amide bonds. The zero-order valence-electron chi connectivity index (χ0n) is 19.3. The lowest BCUT2D eigenvalue weighted by Crippen LogP contribution is -2.39. The number of nitrogens with zero attached hydrogens (tertiary/aromatic N) is 2. The van der Waals surface area contributed by atoms with E-state index in [4.69, 9.17) is 9.73 Å². The van der Waals surface area contributed by atoms with Gasteiger partial charge in [0.15, 0.2) is 4.80 Å². The molecule has 36 heavy (non-hydrogen) atoms. The normalized spacial score (nSPS) is 15.7. The first kappa shape index (κ1) is 22.5. The molecule has 2 aromatic carbocycles. The van der Waals surface area contributed by atoms with Crippen LogP contribution in [0.4, 0.5) is 0 Å². The molecule has 178 valence electrons. The van der Waals surface area contributed by atoms with Crippen molar-refractivity contribution >= 4 is 51.3 Å². The van der Waals surface area contributed by atoms with Gasteiger partial charge >= 0.3 is 5.97 Å². The molecule has 1 aliphatic heterocycles. The van der Waals surface area contributed by atoms with Gasteiger partial charge in [0.25, 0.3) is 5.56 Å². The third kappa shape index (κ3) is 3.75. The van der Waals surface area contributed by atoms with Crippen LogP contribution in [-0.2, 0) is 9.53 Å². The Morgan fingerprint density at radius 3 is 2.69 bits per heavy atom. The molecule has 5 aromatic rings. The van der Waals surface area contributed by atoms with Crippen molar-refractivity contribution in [2.24, 2.45) is 4.99 Å². The molecule has 0 bridgehead atoms. The van der Waals surface area contributed by atoms with Crippen molar-refractivity contribution in [1.82, 2.24) is 9.55 Å². The van der Waals surface area contributed by atoms with Gasteiger partial charge in [-0.2, -0.15) is 0 Å². The summed E-state index contributed by atoms with van der Waals surface area (Å²) < 4.78 is 7.67. The van der Waals surface area contributed by atoms with Crippen LogP contribution in [0.2, 0.25) is 0 Å². The van der Waals surface area contributed by atoms with Crippen molar-refractivity contribution in [3.63, 3.8) is 0 Å². The van der Waals surface area contributed by atoms with Gasteiger partial charge in [-0.25, -0.2) is 9.79 Å². The Bertz CT molecular complexity index is 1790. The van der Waals surface area contributed by atoms with Crippen LogP contribution in [0.15, 0.2) is 93.7 Å². The topological polar surface area (TPSA) is 76.4 Å². The minimum absolute atomic E-state index is 0.184. The Hall–Kier alpha value is -4.01. The minimum Gasteiger partial charge on any atom is -0.463 e. The number of carbonyl (C=O) groups is 1. The number of thiazole rings is 1. The fraction of sp³-hybridized carbons (Fsp3) is 0.107. The first-order valence-corrected chi connectivity index (χ1v) is 13.2. The van der Waals surface area contributed by atoms with E-state index in [1.54, 1.807) is 11.5 Å². The number of aromatic nitrogens is 2. The first-order chi connectivity index (χ1) is 17.7. The Kier molecular flexibility index (Phi) is 5.75. The smallest absolute Gasteiger partial charge is 0.338 e. The van der Waals surface area contributed by atoms with E-state index < -0.39 is 12.0 Å². The summed E-state index contributed by atoms with van der Waals surface area (Å²) >= 11 is 2.83. The van der Waals surface area contributed by atoms with Crippen molar-refractivity contribution in [3.8, 4) is 0 Å². The molecule has 1 atom stereocenters. The average Bonchev–Trinajstić information content (AvgIpc) is 3.64. The van der Waals surface area contributed by atoms with Gasteiger partial charge in [-0.1, -0.05) is 65.9 Å². The lowest BCUT2D eigenvalue weighted by molar-refractivity contribution is -0.138. The van der Waals surface area contributed by atoms with Gasteiger partial charge in [0.1, 0.15) is 6.04 Å². The van der Waals surface area contributed by atoms with Crippen molar-refractivity contribution < 1.29 is 9.53 Å². The monoisotopic (exact) mass is 511 g/mol. The van der Waals surface area contributed by atoms with Crippen LogP contribution < -0.4 is 14.9 Å². The quantitative estimate of drug-likeness (QED) is 0.354. The second-order valence-electron chi connectivity index (χ2n) is 8.24.